The minimum atomic E-state index is 0.165. The first-order valence-electron chi connectivity index (χ1n) is 7.73. The molecule has 1 atom stereocenters. The van der Waals surface area contributed by atoms with E-state index in [0.717, 1.165) is 25.8 Å². The van der Waals surface area contributed by atoms with Gasteiger partial charge in [0.15, 0.2) is 0 Å². The number of rotatable bonds is 10. The molecular formula is C16H28N2OS. The van der Waals surface area contributed by atoms with Crippen LogP contribution in [-0.2, 0) is 17.8 Å². The van der Waals surface area contributed by atoms with E-state index in [1.807, 2.05) is 0 Å². The van der Waals surface area contributed by atoms with E-state index in [1.165, 1.54) is 23.3 Å². The van der Waals surface area contributed by atoms with E-state index in [2.05, 4.69) is 30.6 Å². The van der Waals surface area contributed by atoms with E-state index >= 15 is 0 Å². The second kappa shape index (κ2) is 9.94. The van der Waals surface area contributed by atoms with Crippen LogP contribution in [0.5, 0.6) is 0 Å². The molecule has 1 amide bonds. The third-order valence-electron chi connectivity index (χ3n) is 3.72. The van der Waals surface area contributed by atoms with E-state index < -0.39 is 0 Å². The van der Waals surface area contributed by atoms with Crippen LogP contribution in [0.25, 0.3) is 0 Å². The molecule has 0 spiro atoms. The lowest BCUT2D eigenvalue weighted by molar-refractivity contribution is -0.121. The second-order valence-corrected chi connectivity index (χ2v) is 6.27. The molecule has 0 fully saturated rings. The zero-order valence-electron chi connectivity index (χ0n) is 12.8. The first-order chi connectivity index (χ1) is 9.71. The summed E-state index contributed by atoms with van der Waals surface area (Å²) in [6.45, 7) is 5.73. The van der Waals surface area contributed by atoms with Gasteiger partial charge in [-0.05, 0) is 48.7 Å². The van der Waals surface area contributed by atoms with Crippen molar-refractivity contribution in [2.24, 2.45) is 11.7 Å². The van der Waals surface area contributed by atoms with Gasteiger partial charge in [-0.2, -0.15) is 0 Å². The molecule has 114 valence electrons. The van der Waals surface area contributed by atoms with Crippen LogP contribution in [0.1, 0.15) is 56.4 Å². The Morgan fingerprint density at radius 2 is 2.15 bits per heavy atom. The summed E-state index contributed by atoms with van der Waals surface area (Å²) in [4.78, 5) is 13.2. The first-order valence-corrected chi connectivity index (χ1v) is 8.61. The van der Waals surface area contributed by atoms with Gasteiger partial charge in [-0.1, -0.05) is 26.7 Å². The number of hydrogen-bond acceptors (Lipinski definition) is 3. The fraction of sp³-hybridized carbons (Fsp3) is 0.688. The highest BCUT2D eigenvalue weighted by molar-refractivity contribution is 7.10. The molecule has 0 bridgehead atoms. The molecule has 0 radical (unpaired) electrons. The number of carbonyl (C=O) groups is 1. The summed E-state index contributed by atoms with van der Waals surface area (Å²) in [5.41, 5.74) is 6.97. The number of nitrogens with one attached hydrogen (secondary N) is 1. The van der Waals surface area contributed by atoms with Crippen molar-refractivity contribution in [3.8, 4) is 0 Å². The van der Waals surface area contributed by atoms with Gasteiger partial charge < -0.3 is 11.1 Å². The molecular weight excluding hydrogens is 268 g/mol. The minimum absolute atomic E-state index is 0.165. The van der Waals surface area contributed by atoms with Gasteiger partial charge in [0.2, 0.25) is 5.91 Å². The smallest absolute Gasteiger partial charge is 0.220 e. The fourth-order valence-electron chi connectivity index (χ4n) is 2.52. The lowest BCUT2D eigenvalue weighted by Crippen LogP contribution is -2.23. The van der Waals surface area contributed by atoms with Crippen LogP contribution >= 0.6 is 11.3 Å². The molecule has 4 heteroatoms. The maximum absolute atomic E-state index is 11.9. The number of aryl methyl sites for hydroxylation is 1. The Balaban J connectivity index is 2.29. The molecule has 3 N–H and O–H groups in total. The van der Waals surface area contributed by atoms with E-state index in [-0.39, 0.29) is 5.91 Å². The normalized spacial score (nSPS) is 12.3. The summed E-state index contributed by atoms with van der Waals surface area (Å²) in [7, 11) is 0. The van der Waals surface area contributed by atoms with Gasteiger partial charge in [-0.25, -0.2) is 0 Å². The van der Waals surface area contributed by atoms with Crippen LogP contribution < -0.4 is 11.1 Å². The largest absolute Gasteiger partial charge is 0.351 e. The van der Waals surface area contributed by atoms with Gasteiger partial charge in [0, 0.05) is 11.3 Å². The molecule has 1 aromatic rings. The topological polar surface area (TPSA) is 55.1 Å². The van der Waals surface area contributed by atoms with Gasteiger partial charge >= 0.3 is 0 Å². The van der Waals surface area contributed by atoms with Crippen molar-refractivity contribution in [2.45, 2.75) is 58.9 Å². The average molecular weight is 296 g/mol. The Morgan fingerprint density at radius 3 is 2.80 bits per heavy atom. The summed E-state index contributed by atoms with van der Waals surface area (Å²) in [5, 5.41) is 5.14. The van der Waals surface area contributed by atoms with Crippen molar-refractivity contribution in [1.82, 2.24) is 5.32 Å². The van der Waals surface area contributed by atoms with Crippen LogP contribution in [0.15, 0.2) is 11.4 Å². The molecule has 20 heavy (non-hydrogen) atoms. The van der Waals surface area contributed by atoms with Crippen LogP contribution in [0.4, 0.5) is 0 Å². The third kappa shape index (κ3) is 6.06. The second-order valence-electron chi connectivity index (χ2n) is 5.27. The third-order valence-corrected chi connectivity index (χ3v) is 4.68. The van der Waals surface area contributed by atoms with Gasteiger partial charge in [-0.15, -0.1) is 11.3 Å². The summed E-state index contributed by atoms with van der Waals surface area (Å²) in [5.74, 6) is 0.766. The van der Waals surface area contributed by atoms with E-state index in [1.54, 1.807) is 11.3 Å². The van der Waals surface area contributed by atoms with E-state index in [0.29, 0.717) is 18.9 Å². The number of carbonyl (C=O) groups excluding carboxylic acids is 1. The van der Waals surface area contributed by atoms with Gasteiger partial charge in [0.25, 0.3) is 0 Å². The van der Waals surface area contributed by atoms with Crippen molar-refractivity contribution < 1.29 is 4.79 Å². The summed E-state index contributed by atoms with van der Waals surface area (Å²) < 4.78 is 0. The molecule has 0 saturated carbocycles. The molecule has 1 rings (SSSR count). The standard InChI is InChI=1S/C16H28N2OS/c1-3-5-13(8-10-17)6-7-16(19)18-12-15-14(4-2)9-11-20-15/h9,11,13H,3-8,10,12,17H2,1-2H3,(H,18,19). The quantitative estimate of drug-likeness (QED) is 0.694. The minimum Gasteiger partial charge on any atom is -0.351 e. The molecule has 0 aliphatic heterocycles. The highest BCUT2D eigenvalue weighted by Gasteiger charge is 2.10. The van der Waals surface area contributed by atoms with Crippen molar-refractivity contribution >= 4 is 17.2 Å². The number of nitrogens with two attached hydrogens (primary N) is 1. The lowest BCUT2D eigenvalue weighted by atomic mass is 9.94. The molecule has 1 unspecified atom stereocenters. The highest BCUT2D eigenvalue weighted by Crippen LogP contribution is 2.18. The molecule has 3 nitrogen and oxygen atoms in total. The maximum atomic E-state index is 11.9. The highest BCUT2D eigenvalue weighted by atomic mass is 32.1. The Morgan fingerprint density at radius 1 is 1.35 bits per heavy atom. The Labute approximate surface area is 127 Å². The van der Waals surface area contributed by atoms with Crippen molar-refractivity contribution in [3.05, 3.63) is 21.9 Å². The van der Waals surface area contributed by atoms with Crippen LogP contribution in [0, 0.1) is 5.92 Å². The Hall–Kier alpha value is -0.870. The number of hydrogen-bond donors (Lipinski definition) is 2. The zero-order valence-corrected chi connectivity index (χ0v) is 13.6. The van der Waals surface area contributed by atoms with Crippen molar-refractivity contribution in [1.29, 1.82) is 0 Å². The first kappa shape index (κ1) is 17.2. The van der Waals surface area contributed by atoms with Crippen molar-refractivity contribution in [3.63, 3.8) is 0 Å². The van der Waals surface area contributed by atoms with Gasteiger partial charge in [0.05, 0.1) is 6.54 Å². The molecule has 0 aromatic carbocycles. The van der Waals surface area contributed by atoms with Gasteiger partial charge in [0.1, 0.15) is 0 Å². The molecule has 1 heterocycles. The summed E-state index contributed by atoms with van der Waals surface area (Å²) in [6, 6.07) is 2.14. The summed E-state index contributed by atoms with van der Waals surface area (Å²) >= 11 is 1.73. The van der Waals surface area contributed by atoms with Crippen LogP contribution in [0.3, 0.4) is 0 Å². The molecule has 0 saturated heterocycles. The fourth-order valence-corrected chi connectivity index (χ4v) is 3.43. The molecule has 0 aliphatic rings. The number of thiophene rings is 1. The molecule has 1 aromatic heterocycles. The average Bonchev–Trinajstić information content (AvgIpc) is 2.90. The van der Waals surface area contributed by atoms with Crippen LogP contribution in [0.2, 0.25) is 0 Å². The van der Waals surface area contributed by atoms with E-state index in [4.69, 9.17) is 5.73 Å². The summed E-state index contributed by atoms with van der Waals surface area (Å²) in [6.07, 6.45) is 5.99. The lowest BCUT2D eigenvalue weighted by Gasteiger charge is -2.14. The Kier molecular flexibility index (Phi) is 8.54. The van der Waals surface area contributed by atoms with Crippen molar-refractivity contribution in [2.75, 3.05) is 6.54 Å². The SMILES string of the molecule is CCCC(CCN)CCC(=O)NCc1sccc1CC. The number of amides is 1. The molecule has 0 aliphatic carbocycles. The monoisotopic (exact) mass is 296 g/mol. The predicted molar refractivity (Wildman–Crippen MR) is 86.8 cm³/mol. The predicted octanol–water partition coefficient (Wildman–Crippen LogP) is 3.47. The van der Waals surface area contributed by atoms with Crippen LogP contribution in [-0.4, -0.2) is 12.5 Å². The Bertz CT molecular complexity index is 384. The maximum Gasteiger partial charge on any atom is 0.220 e. The van der Waals surface area contributed by atoms with E-state index in [9.17, 15) is 4.79 Å². The zero-order chi connectivity index (χ0) is 14.8. The van der Waals surface area contributed by atoms with Gasteiger partial charge in [-0.3, -0.25) is 4.79 Å².